The van der Waals surface area contributed by atoms with Crippen molar-refractivity contribution in [1.82, 2.24) is 5.43 Å². The SMILES string of the molecule is NNC(=O)CCS(=O)(=O)O.[NaH]. The molecule has 6 nitrogen and oxygen atoms in total. The van der Waals surface area contributed by atoms with Crippen molar-refractivity contribution in [2.75, 3.05) is 5.75 Å². The summed E-state index contributed by atoms with van der Waals surface area (Å²) in [6.45, 7) is 0. The van der Waals surface area contributed by atoms with Crippen molar-refractivity contribution in [3.05, 3.63) is 0 Å². The van der Waals surface area contributed by atoms with E-state index in [0.29, 0.717) is 0 Å². The van der Waals surface area contributed by atoms with E-state index >= 15 is 0 Å². The van der Waals surface area contributed by atoms with Crippen molar-refractivity contribution in [2.45, 2.75) is 6.42 Å². The summed E-state index contributed by atoms with van der Waals surface area (Å²) in [7, 11) is -4.05. The van der Waals surface area contributed by atoms with Crippen LogP contribution in [0.3, 0.4) is 0 Å². The molecule has 0 saturated carbocycles. The van der Waals surface area contributed by atoms with E-state index in [2.05, 4.69) is 5.84 Å². The molecule has 0 aromatic carbocycles. The maximum atomic E-state index is 10.2. The molecule has 0 aliphatic rings. The first-order chi connectivity index (χ1) is 4.45. The van der Waals surface area contributed by atoms with E-state index in [1.165, 1.54) is 0 Å². The van der Waals surface area contributed by atoms with E-state index in [4.69, 9.17) is 4.55 Å². The van der Waals surface area contributed by atoms with Crippen LogP contribution in [0.1, 0.15) is 6.42 Å². The van der Waals surface area contributed by atoms with Gasteiger partial charge in [-0.25, -0.2) is 5.84 Å². The number of carbonyl (C=O) groups excluding carboxylic acids is 1. The Morgan fingerprint density at radius 1 is 1.55 bits per heavy atom. The molecule has 1 amide bonds. The van der Waals surface area contributed by atoms with Gasteiger partial charge in [0.25, 0.3) is 10.1 Å². The van der Waals surface area contributed by atoms with Gasteiger partial charge in [0.05, 0.1) is 5.75 Å². The normalized spacial score (nSPS) is 10.0. The van der Waals surface area contributed by atoms with Crippen LogP contribution >= 0.6 is 0 Å². The Balaban J connectivity index is 0. The minimum atomic E-state index is -4.05. The van der Waals surface area contributed by atoms with Gasteiger partial charge < -0.3 is 0 Å². The Bertz CT molecular complexity index is 213. The van der Waals surface area contributed by atoms with Gasteiger partial charge in [-0.1, -0.05) is 0 Å². The van der Waals surface area contributed by atoms with Gasteiger partial charge in [0.1, 0.15) is 0 Å². The van der Waals surface area contributed by atoms with Crippen molar-refractivity contribution in [1.29, 1.82) is 0 Å². The van der Waals surface area contributed by atoms with Crippen LogP contribution in [0.2, 0.25) is 0 Å². The van der Waals surface area contributed by atoms with Crippen LogP contribution in [0.5, 0.6) is 0 Å². The summed E-state index contributed by atoms with van der Waals surface area (Å²) in [6, 6.07) is 0. The zero-order chi connectivity index (χ0) is 8.20. The molecular weight excluding hydrogens is 183 g/mol. The van der Waals surface area contributed by atoms with Crippen molar-refractivity contribution >= 4 is 45.6 Å². The van der Waals surface area contributed by atoms with Gasteiger partial charge in [-0.2, -0.15) is 8.42 Å². The van der Waals surface area contributed by atoms with Crippen LogP contribution < -0.4 is 11.3 Å². The number of hydrogen-bond donors (Lipinski definition) is 3. The third-order valence-corrected chi connectivity index (χ3v) is 1.47. The zero-order valence-electron chi connectivity index (χ0n) is 5.07. The summed E-state index contributed by atoms with van der Waals surface area (Å²) >= 11 is 0. The predicted molar refractivity (Wildman–Crippen MR) is 40.5 cm³/mol. The second-order valence-corrected chi connectivity index (χ2v) is 3.18. The average molecular weight is 192 g/mol. The van der Waals surface area contributed by atoms with Crippen molar-refractivity contribution in [3.63, 3.8) is 0 Å². The van der Waals surface area contributed by atoms with E-state index in [1.54, 1.807) is 5.43 Å². The maximum absolute atomic E-state index is 10.2. The number of nitrogens with two attached hydrogens (primary N) is 1. The van der Waals surface area contributed by atoms with Crippen molar-refractivity contribution < 1.29 is 17.8 Å². The van der Waals surface area contributed by atoms with Crippen LogP contribution in [0.25, 0.3) is 0 Å². The van der Waals surface area contributed by atoms with E-state index in [9.17, 15) is 13.2 Å². The summed E-state index contributed by atoms with van der Waals surface area (Å²) in [5, 5.41) is 0. The first kappa shape index (κ1) is 13.9. The van der Waals surface area contributed by atoms with Gasteiger partial charge in [-0.15, -0.1) is 0 Å². The van der Waals surface area contributed by atoms with E-state index in [-0.39, 0.29) is 36.0 Å². The third kappa shape index (κ3) is 10.3. The zero-order valence-corrected chi connectivity index (χ0v) is 5.89. The van der Waals surface area contributed by atoms with Crippen LogP contribution in [-0.2, 0) is 14.9 Å². The van der Waals surface area contributed by atoms with Crippen molar-refractivity contribution in [3.8, 4) is 0 Å². The molecule has 11 heavy (non-hydrogen) atoms. The molecule has 0 saturated heterocycles. The molecule has 0 spiro atoms. The molecule has 8 heteroatoms. The standard InChI is InChI=1S/C3H8N2O4S.Na.H/c4-5-3(6)1-2-10(7,8)9;;/h1-2,4H2,(H,5,6)(H,7,8,9);;. The fraction of sp³-hybridized carbons (Fsp3) is 0.667. The van der Waals surface area contributed by atoms with Crippen LogP contribution in [-0.4, -0.2) is 54.2 Å². The van der Waals surface area contributed by atoms with Crippen LogP contribution in [0, 0.1) is 0 Å². The van der Waals surface area contributed by atoms with Crippen molar-refractivity contribution in [2.24, 2.45) is 5.84 Å². The molecule has 0 rings (SSSR count). The third-order valence-electron chi connectivity index (χ3n) is 0.748. The van der Waals surface area contributed by atoms with E-state index < -0.39 is 21.8 Å². The molecule has 0 aliphatic carbocycles. The molecule has 0 unspecified atom stereocenters. The molecule has 0 aromatic heterocycles. The molecule has 0 atom stereocenters. The topological polar surface area (TPSA) is 109 Å². The van der Waals surface area contributed by atoms with Gasteiger partial charge in [0, 0.05) is 6.42 Å². The fourth-order valence-corrected chi connectivity index (χ4v) is 0.737. The molecule has 62 valence electrons. The number of nitrogens with one attached hydrogen (secondary N) is 1. The molecule has 0 aromatic rings. The quantitative estimate of drug-likeness (QED) is 0.152. The van der Waals surface area contributed by atoms with Gasteiger partial charge in [0.2, 0.25) is 5.91 Å². The Morgan fingerprint density at radius 3 is 2.27 bits per heavy atom. The molecule has 0 aliphatic heterocycles. The Labute approximate surface area is 86.5 Å². The number of carbonyl (C=O) groups is 1. The molecule has 4 N–H and O–H groups in total. The van der Waals surface area contributed by atoms with E-state index in [1.807, 2.05) is 0 Å². The molecule has 0 radical (unpaired) electrons. The molecule has 0 heterocycles. The molecule has 0 fully saturated rings. The number of rotatable bonds is 3. The van der Waals surface area contributed by atoms with Crippen LogP contribution in [0.15, 0.2) is 0 Å². The summed E-state index contributed by atoms with van der Waals surface area (Å²) < 4.78 is 28.1. The Kier molecular flexibility index (Phi) is 7.48. The summed E-state index contributed by atoms with van der Waals surface area (Å²) in [5.74, 6) is 3.40. The Morgan fingerprint density at radius 2 is 2.00 bits per heavy atom. The van der Waals surface area contributed by atoms with Crippen LogP contribution in [0.4, 0.5) is 0 Å². The minimum absolute atomic E-state index is 0. The van der Waals surface area contributed by atoms with Gasteiger partial charge in [0.15, 0.2) is 0 Å². The number of amides is 1. The fourth-order valence-electron chi connectivity index (χ4n) is 0.294. The summed E-state index contributed by atoms with van der Waals surface area (Å²) in [6.07, 6.45) is -0.324. The number of hydrazine groups is 1. The molecule has 0 bridgehead atoms. The second kappa shape index (κ2) is 5.92. The molecular formula is C3H9N2NaO4S. The summed E-state index contributed by atoms with van der Waals surface area (Å²) in [5.41, 5.74) is 1.72. The van der Waals surface area contributed by atoms with Gasteiger partial charge >= 0.3 is 29.6 Å². The van der Waals surface area contributed by atoms with Gasteiger partial charge in [-0.3, -0.25) is 14.8 Å². The monoisotopic (exact) mass is 192 g/mol. The number of hydrogen-bond acceptors (Lipinski definition) is 4. The first-order valence-corrected chi connectivity index (χ1v) is 4.01. The second-order valence-electron chi connectivity index (χ2n) is 1.60. The Hall–Kier alpha value is 0.340. The average Bonchev–Trinajstić information content (AvgIpc) is 1.81. The first-order valence-electron chi connectivity index (χ1n) is 2.40. The predicted octanol–water partition coefficient (Wildman–Crippen LogP) is -2.39. The summed E-state index contributed by atoms with van der Waals surface area (Å²) in [4.78, 5) is 10.2. The van der Waals surface area contributed by atoms with E-state index in [0.717, 1.165) is 0 Å². The van der Waals surface area contributed by atoms with Gasteiger partial charge in [-0.05, 0) is 0 Å².